The SMILES string of the molecule is CC(NC(=O)CN(C)C1CCCc2ccccc21)c1ccc(F)cc1. The van der Waals surface area contributed by atoms with Gasteiger partial charge >= 0.3 is 0 Å². The van der Waals surface area contributed by atoms with Crippen molar-refractivity contribution in [3.05, 3.63) is 71.0 Å². The van der Waals surface area contributed by atoms with Gasteiger partial charge in [-0.3, -0.25) is 9.69 Å². The third kappa shape index (κ3) is 4.26. The summed E-state index contributed by atoms with van der Waals surface area (Å²) >= 11 is 0. The van der Waals surface area contributed by atoms with Crippen molar-refractivity contribution in [1.82, 2.24) is 10.2 Å². The molecule has 0 saturated heterocycles. The first-order valence-electron chi connectivity index (χ1n) is 8.87. The van der Waals surface area contributed by atoms with E-state index in [0.29, 0.717) is 6.54 Å². The van der Waals surface area contributed by atoms with Crippen molar-refractivity contribution in [3.63, 3.8) is 0 Å². The van der Waals surface area contributed by atoms with Gasteiger partial charge in [-0.1, -0.05) is 36.4 Å². The molecule has 2 aromatic rings. The number of hydrogen-bond acceptors (Lipinski definition) is 2. The number of carbonyl (C=O) groups excluding carboxylic acids is 1. The zero-order valence-corrected chi connectivity index (χ0v) is 14.8. The number of aryl methyl sites for hydroxylation is 1. The summed E-state index contributed by atoms with van der Waals surface area (Å²) < 4.78 is 13.0. The number of carbonyl (C=O) groups is 1. The predicted octanol–water partition coefficient (Wildman–Crippen LogP) is 4.01. The second-order valence-corrected chi connectivity index (χ2v) is 6.86. The molecule has 3 rings (SSSR count). The molecule has 2 unspecified atom stereocenters. The van der Waals surface area contributed by atoms with E-state index in [-0.39, 0.29) is 23.8 Å². The van der Waals surface area contributed by atoms with Crippen molar-refractivity contribution in [3.8, 4) is 0 Å². The topological polar surface area (TPSA) is 32.3 Å². The second-order valence-electron chi connectivity index (χ2n) is 6.86. The van der Waals surface area contributed by atoms with Crippen LogP contribution in [0.4, 0.5) is 4.39 Å². The molecule has 1 N–H and O–H groups in total. The van der Waals surface area contributed by atoms with Gasteiger partial charge in [-0.05, 0) is 62.1 Å². The van der Waals surface area contributed by atoms with Crippen LogP contribution in [-0.4, -0.2) is 24.4 Å². The highest BCUT2D eigenvalue weighted by molar-refractivity contribution is 5.78. The summed E-state index contributed by atoms with van der Waals surface area (Å²) in [6.45, 7) is 2.27. The van der Waals surface area contributed by atoms with E-state index in [0.717, 1.165) is 24.8 Å². The van der Waals surface area contributed by atoms with Crippen molar-refractivity contribution in [2.75, 3.05) is 13.6 Å². The van der Waals surface area contributed by atoms with Crippen LogP contribution in [0, 0.1) is 5.82 Å². The number of likely N-dealkylation sites (N-methyl/N-ethyl adjacent to an activating group) is 1. The largest absolute Gasteiger partial charge is 0.348 e. The van der Waals surface area contributed by atoms with E-state index in [1.807, 2.05) is 14.0 Å². The molecule has 0 aromatic heterocycles. The van der Waals surface area contributed by atoms with Crippen LogP contribution in [0.2, 0.25) is 0 Å². The number of nitrogens with zero attached hydrogens (tertiary/aromatic N) is 1. The van der Waals surface area contributed by atoms with Crippen molar-refractivity contribution in [1.29, 1.82) is 0 Å². The number of fused-ring (bicyclic) bond motifs is 1. The quantitative estimate of drug-likeness (QED) is 0.892. The first-order valence-corrected chi connectivity index (χ1v) is 8.87. The number of hydrogen-bond donors (Lipinski definition) is 1. The summed E-state index contributed by atoms with van der Waals surface area (Å²) in [4.78, 5) is 14.6. The Morgan fingerprint density at radius 1 is 1.24 bits per heavy atom. The van der Waals surface area contributed by atoms with Crippen molar-refractivity contribution in [2.24, 2.45) is 0 Å². The maximum atomic E-state index is 13.0. The zero-order chi connectivity index (χ0) is 17.8. The second kappa shape index (κ2) is 7.79. The van der Waals surface area contributed by atoms with Gasteiger partial charge in [-0.2, -0.15) is 0 Å². The smallest absolute Gasteiger partial charge is 0.234 e. The fourth-order valence-corrected chi connectivity index (χ4v) is 3.64. The van der Waals surface area contributed by atoms with Crippen LogP contribution in [0.25, 0.3) is 0 Å². The molecule has 0 heterocycles. The number of nitrogens with one attached hydrogen (secondary N) is 1. The molecule has 25 heavy (non-hydrogen) atoms. The van der Waals surface area contributed by atoms with E-state index in [1.165, 1.54) is 23.3 Å². The Kier molecular flexibility index (Phi) is 5.49. The monoisotopic (exact) mass is 340 g/mol. The van der Waals surface area contributed by atoms with Gasteiger partial charge in [0.05, 0.1) is 12.6 Å². The summed E-state index contributed by atoms with van der Waals surface area (Å²) in [6, 6.07) is 14.9. The van der Waals surface area contributed by atoms with E-state index >= 15 is 0 Å². The molecule has 0 saturated carbocycles. The molecule has 1 aliphatic carbocycles. The first kappa shape index (κ1) is 17.6. The molecule has 4 heteroatoms. The van der Waals surface area contributed by atoms with Gasteiger partial charge < -0.3 is 5.32 Å². The Bertz CT molecular complexity index is 729. The maximum Gasteiger partial charge on any atom is 0.234 e. The third-order valence-corrected chi connectivity index (χ3v) is 5.01. The zero-order valence-electron chi connectivity index (χ0n) is 14.8. The van der Waals surface area contributed by atoms with E-state index in [4.69, 9.17) is 0 Å². The number of benzene rings is 2. The molecule has 132 valence electrons. The van der Waals surface area contributed by atoms with Crippen molar-refractivity contribution >= 4 is 5.91 Å². The maximum absolute atomic E-state index is 13.0. The molecule has 0 fully saturated rings. The molecule has 2 aromatic carbocycles. The van der Waals surface area contributed by atoms with Crippen LogP contribution in [0.3, 0.4) is 0 Å². The summed E-state index contributed by atoms with van der Waals surface area (Å²) in [7, 11) is 2.01. The minimum atomic E-state index is -0.266. The lowest BCUT2D eigenvalue weighted by Crippen LogP contribution is -2.39. The first-order chi connectivity index (χ1) is 12.0. The Balaban J connectivity index is 1.60. The molecular weight excluding hydrogens is 315 g/mol. The third-order valence-electron chi connectivity index (χ3n) is 5.01. The Hall–Kier alpha value is -2.20. The van der Waals surface area contributed by atoms with E-state index in [2.05, 4.69) is 34.5 Å². The van der Waals surface area contributed by atoms with Gasteiger partial charge in [0, 0.05) is 6.04 Å². The van der Waals surface area contributed by atoms with Crippen LogP contribution in [0.15, 0.2) is 48.5 Å². The van der Waals surface area contributed by atoms with Crippen molar-refractivity contribution in [2.45, 2.75) is 38.3 Å². The highest BCUT2D eigenvalue weighted by Crippen LogP contribution is 2.33. The van der Waals surface area contributed by atoms with Gasteiger partial charge in [0.1, 0.15) is 5.82 Å². The normalized spacial score (nSPS) is 17.8. The number of amides is 1. The minimum absolute atomic E-state index is 0.0117. The standard InChI is InChI=1S/C21H25FN2O/c1-15(16-10-12-18(22)13-11-16)23-21(25)14-24(2)20-9-5-7-17-6-3-4-8-19(17)20/h3-4,6,8,10-13,15,20H,5,7,9,14H2,1-2H3,(H,23,25). The van der Waals surface area contributed by atoms with E-state index in [9.17, 15) is 9.18 Å². The molecular formula is C21H25FN2O. The average molecular weight is 340 g/mol. The Labute approximate surface area is 148 Å². The van der Waals surface area contributed by atoms with Gasteiger partial charge in [-0.25, -0.2) is 4.39 Å². The molecule has 0 radical (unpaired) electrons. The molecule has 1 amide bonds. The van der Waals surface area contributed by atoms with Crippen LogP contribution < -0.4 is 5.32 Å². The molecule has 2 atom stereocenters. The minimum Gasteiger partial charge on any atom is -0.348 e. The summed E-state index contributed by atoms with van der Waals surface area (Å²) in [5.74, 6) is -0.277. The lowest BCUT2D eigenvalue weighted by atomic mass is 9.87. The summed E-state index contributed by atoms with van der Waals surface area (Å²) in [5, 5.41) is 3.01. The van der Waals surface area contributed by atoms with Gasteiger partial charge in [0.25, 0.3) is 0 Å². The number of rotatable bonds is 5. The van der Waals surface area contributed by atoms with Gasteiger partial charge in [0.15, 0.2) is 0 Å². The van der Waals surface area contributed by atoms with Gasteiger partial charge in [0.2, 0.25) is 5.91 Å². The lowest BCUT2D eigenvalue weighted by molar-refractivity contribution is -0.123. The van der Waals surface area contributed by atoms with Crippen LogP contribution >= 0.6 is 0 Å². The fraction of sp³-hybridized carbons (Fsp3) is 0.381. The highest BCUT2D eigenvalue weighted by Gasteiger charge is 2.24. The molecule has 3 nitrogen and oxygen atoms in total. The van der Waals surface area contributed by atoms with Crippen LogP contribution in [-0.2, 0) is 11.2 Å². The van der Waals surface area contributed by atoms with Crippen LogP contribution in [0.1, 0.15) is 48.5 Å². The summed E-state index contributed by atoms with van der Waals surface area (Å²) in [6.07, 6.45) is 3.35. The molecule has 0 aliphatic heterocycles. The molecule has 1 aliphatic rings. The highest BCUT2D eigenvalue weighted by atomic mass is 19.1. The molecule has 0 spiro atoms. The van der Waals surface area contributed by atoms with E-state index in [1.54, 1.807) is 12.1 Å². The fourth-order valence-electron chi connectivity index (χ4n) is 3.64. The summed E-state index contributed by atoms with van der Waals surface area (Å²) in [5.41, 5.74) is 3.64. The molecule has 0 bridgehead atoms. The lowest BCUT2D eigenvalue weighted by Gasteiger charge is -2.33. The number of halogens is 1. The Morgan fingerprint density at radius 3 is 2.72 bits per heavy atom. The van der Waals surface area contributed by atoms with Gasteiger partial charge in [-0.15, -0.1) is 0 Å². The van der Waals surface area contributed by atoms with E-state index < -0.39 is 0 Å². The van der Waals surface area contributed by atoms with Crippen molar-refractivity contribution < 1.29 is 9.18 Å². The average Bonchev–Trinajstić information content (AvgIpc) is 2.61. The van der Waals surface area contributed by atoms with Crippen LogP contribution in [0.5, 0.6) is 0 Å². The Morgan fingerprint density at radius 2 is 1.96 bits per heavy atom. The predicted molar refractivity (Wildman–Crippen MR) is 97.7 cm³/mol.